The number of allylic oxidation sites excluding steroid dienone is 1. The van der Waals surface area contributed by atoms with Crippen molar-refractivity contribution in [1.82, 2.24) is 0 Å². The maximum atomic E-state index is 12.0. The number of ketones is 1. The van der Waals surface area contributed by atoms with E-state index in [1.54, 1.807) is 6.20 Å². The van der Waals surface area contributed by atoms with Crippen LogP contribution in [0.5, 0.6) is 5.75 Å². The summed E-state index contributed by atoms with van der Waals surface area (Å²) >= 11 is 0. The first kappa shape index (κ1) is 15.8. The third-order valence-electron chi connectivity index (χ3n) is 3.15. The minimum Gasteiger partial charge on any atom is -0.494 e. The number of hydrogen-bond acceptors (Lipinski definition) is 3. The summed E-state index contributed by atoms with van der Waals surface area (Å²) in [5, 5.41) is 3.08. The van der Waals surface area contributed by atoms with Crippen molar-refractivity contribution >= 4 is 11.5 Å². The van der Waals surface area contributed by atoms with Gasteiger partial charge in [0, 0.05) is 23.5 Å². The standard InChI is InChI=1S/C19H21NO2/c1-3-14-22-18-10-8-17(9-11-18)20-13-12-19(21)16-6-4-15(2)5-7-16/h4-13,20H,3,14H2,1-2H3. The Morgan fingerprint density at radius 3 is 2.41 bits per heavy atom. The maximum absolute atomic E-state index is 12.0. The summed E-state index contributed by atoms with van der Waals surface area (Å²) in [5.41, 5.74) is 2.74. The van der Waals surface area contributed by atoms with Gasteiger partial charge < -0.3 is 10.1 Å². The molecule has 22 heavy (non-hydrogen) atoms. The van der Waals surface area contributed by atoms with Gasteiger partial charge in [0.25, 0.3) is 0 Å². The Morgan fingerprint density at radius 2 is 1.77 bits per heavy atom. The fourth-order valence-electron chi connectivity index (χ4n) is 1.89. The number of rotatable bonds is 7. The molecule has 0 aliphatic heterocycles. The summed E-state index contributed by atoms with van der Waals surface area (Å²) in [6, 6.07) is 15.2. The third-order valence-corrected chi connectivity index (χ3v) is 3.15. The van der Waals surface area contributed by atoms with Crippen molar-refractivity contribution in [3.05, 3.63) is 71.9 Å². The molecule has 0 radical (unpaired) electrons. The van der Waals surface area contributed by atoms with E-state index in [1.807, 2.05) is 55.5 Å². The molecule has 0 unspecified atom stereocenters. The van der Waals surface area contributed by atoms with Crippen molar-refractivity contribution in [2.24, 2.45) is 0 Å². The molecule has 0 heterocycles. The van der Waals surface area contributed by atoms with Gasteiger partial charge in [-0.15, -0.1) is 0 Å². The van der Waals surface area contributed by atoms with E-state index in [0.29, 0.717) is 5.56 Å². The van der Waals surface area contributed by atoms with Gasteiger partial charge in [-0.05, 0) is 37.6 Å². The van der Waals surface area contributed by atoms with Crippen LogP contribution in [-0.4, -0.2) is 12.4 Å². The highest BCUT2D eigenvalue weighted by atomic mass is 16.5. The van der Waals surface area contributed by atoms with Crippen molar-refractivity contribution in [3.8, 4) is 5.75 Å². The average Bonchev–Trinajstić information content (AvgIpc) is 2.54. The Balaban J connectivity index is 1.88. The van der Waals surface area contributed by atoms with Crippen LogP contribution in [0.3, 0.4) is 0 Å². The lowest BCUT2D eigenvalue weighted by Crippen LogP contribution is -1.97. The minimum atomic E-state index is -0.0181. The van der Waals surface area contributed by atoms with Crippen LogP contribution in [-0.2, 0) is 0 Å². The zero-order chi connectivity index (χ0) is 15.8. The quantitative estimate of drug-likeness (QED) is 0.599. The molecule has 0 aromatic heterocycles. The number of ether oxygens (including phenoxy) is 1. The monoisotopic (exact) mass is 295 g/mol. The topological polar surface area (TPSA) is 38.3 Å². The SMILES string of the molecule is CCCOc1ccc(NC=CC(=O)c2ccc(C)cc2)cc1. The van der Waals surface area contributed by atoms with Crippen LogP contribution in [0.1, 0.15) is 29.3 Å². The van der Waals surface area contributed by atoms with E-state index in [-0.39, 0.29) is 5.78 Å². The Morgan fingerprint density at radius 1 is 1.09 bits per heavy atom. The number of anilines is 1. The molecule has 0 saturated heterocycles. The number of carbonyl (C=O) groups excluding carboxylic acids is 1. The molecule has 0 spiro atoms. The molecule has 0 saturated carbocycles. The minimum absolute atomic E-state index is 0.0181. The lowest BCUT2D eigenvalue weighted by molar-refractivity contribution is 0.104. The highest BCUT2D eigenvalue weighted by Gasteiger charge is 2.00. The van der Waals surface area contributed by atoms with Crippen LogP contribution in [0.25, 0.3) is 0 Å². The maximum Gasteiger partial charge on any atom is 0.187 e. The Bertz CT molecular complexity index is 627. The number of benzene rings is 2. The van der Waals surface area contributed by atoms with Crippen molar-refractivity contribution < 1.29 is 9.53 Å². The Labute approximate surface area is 131 Å². The van der Waals surface area contributed by atoms with Crippen LogP contribution in [0.2, 0.25) is 0 Å². The van der Waals surface area contributed by atoms with Crippen molar-refractivity contribution in [3.63, 3.8) is 0 Å². The molecule has 3 nitrogen and oxygen atoms in total. The van der Waals surface area contributed by atoms with Gasteiger partial charge >= 0.3 is 0 Å². The summed E-state index contributed by atoms with van der Waals surface area (Å²) in [6.45, 7) is 4.79. The summed E-state index contributed by atoms with van der Waals surface area (Å²) in [6.07, 6.45) is 4.18. The van der Waals surface area contributed by atoms with Gasteiger partial charge in [-0.2, -0.15) is 0 Å². The van der Waals surface area contributed by atoms with Crippen LogP contribution in [0, 0.1) is 6.92 Å². The van der Waals surface area contributed by atoms with E-state index in [1.165, 1.54) is 6.08 Å². The number of hydrogen-bond donors (Lipinski definition) is 1. The van der Waals surface area contributed by atoms with Gasteiger partial charge in [0.1, 0.15) is 5.75 Å². The second kappa shape index (κ2) is 8.03. The first-order valence-electron chi connectivity index (χ1n) is 7.46. The molecule has 114 valence electrons. The van der Waals surface area contributed by atoms with E-state index in [9.17, 15) is 4.79 Å². The van der Waals surface area contributed by atoms with Gasteiger partial charge in [-0.25, -0.2) is 0 Å². The Hall–Kier alpha value is -2.55. The van der Waals surface area contributed by atoms with Gasteiger partial charge in [0.15, 0.2) is 5.78 Å². The predicted molar refractivity (Wildman–Crippen MR) is 90.5 cm³/mol. The molecule has 0 bridgehead atoms. The number of nitrogens with one attached hydrogen (secondary N) is 1. The normalized spacial score (nSPS) is 10.6. The molecule has 2 rings (SSSR count). The molecule has 2 aromatic carbocycles. The number of aryl methyl sites for hydroxylation is 1. The molecule has 0 amide bonds. The largest absolute Gasteiger partial charge is 0.494 e. The highest BCUT2D eigenvalue weighted by Crippen LogP contribution is 2.16. The predicted octanol–water partition coefficient (Wildman–Crippen LogP) is 4.59. The van der Waals surface area contributed by atoms with E-state index in [2.05, 4.69) is 12.2 Å². The van der Waals surface area contributed by atoms with Crippen molar-refractivity contribution in [2.45, 2.75) is 20.3 Å². The van der Waals surface area contributed by atoms with Gasteiger partial charge in [-0.1, -0.05) is 36.8 Å². The summed E-state index contributed by atoms with van der Waals surface area (Å²) in [4.78, 5) is 12.0. The summed E-state index contributed by atoms with van der Waals surface area (Å²) < 4.78 is 5.52. The van der Waals surface area contributed by atoms with E-state index in [4.69, 9.17) is 4.74 Å². The first-order chi connectivity index (χ1) is 10.7. The Kier molecular flexibility index (Phi) is 5.78. The molecule has 0 atom stereocenters. The summed E-state index contributed by atoms with van der Waals surface area (Å²) in [5.74, 6) is 0.836. The van der Waals surface area contributed by atoms with E-state index in [0.717, 1.165) is 30.0 Å². The fourth-order valence-corrected chi connectivity index (χ4v) is 1.89. The molecular weight excluding hydrogens is 274 g/mol. The van der Waals surface area contributed by atoms with Crippen LogP contribution >= 0.6 is 0 Å². The molecule has 2 aromatic rings. The van der Waals surface area contributed by atoms with Gasteiger partial charge in [0.05, 0.1) is 6.61 Å². The van der Waals surface area contributed by atoms with Crippen molar-refractivity contribution in [1.29, 1.82) is 0 Å². The summed E-state index contributed by atoms with van der Waals surface area (Å²) in [7, 11) is 0. The molecular formula is C19H21NO2. The molecule has 0 aliphatic carbocycles. The molecule has 1 N–H and O–H groups in total. The smallest absolute Gasteiger partial charge is 0.187 e. The number of carbonyl (C=O) groups is 1. The average molecular weight is 295 g/mol. The molecule has 3 heteroatoms. The van der Waals surface area contributed by atoms with Crippen LogP contribution in [0.15, 0.2) is 60.8 Å². The molecule has 0 aliphatic rings. The third kappa shape index (κ3) is 4.77. The second-order valence-corrected chi connectivity index (χ2v) is 5.08. The fraction of sp³-hybridized carbons (Fsp3) is 0.211. The van der Waals surface area contributed by atoms with E-state index < -0.39 is 0 Å². The lowest BCUT2D eigenvalue weighted by Gasteiger charge is -2.05. The molecule has 0 fully saturated rings. The van der Waals surface area contributed by atoms with Crippen LogP contribution < -0.4 is 10.1 Å². The zero-order valence-electron chi connectivity index (χ0n) is 13.0. The second-order valence-electron chi connectivity index (χ2n) is 5.08. The lowest BCUT2D eigenvalue weighted by atomic mass is 10.1. The highest BCUT2D eigenvalue weighted by molar-refractivity contribution is 6.04. The van der Waals surface area contributed by atoms with Crippen LogP contribution in [0.4, 0.5) is 5.69 Å². The van der Waals surface area contributed by atoms with Gasteiger partial charge in [0.2, 0.25) is 0 Å². The first-order valence-corrected chi connectivity index (χ1v) is 7.46. The van der Waals surface area contributed by atoms with E-state index >= 15 is 0 Å². The zero-order valence-corrected chi connectivity index (χ0v) is 13.0. The van der Waals surface area contributed by atoms with Crippen molar-refractivity contribution in [2.75, 3.05) is 11.9 Å². The van der Waals surface area contributed by atoms with Gasteiger partial charge in [-0.3, -0.25) is 4.79 Å².